The largest absolute Gasteiger partial charge is 0.363 e. The van der Waals surface area contributed by atoms with Gasteiger partial charge in [0.25, 0.3) is 0 Å². The number of aromatic nitrogens is 4. The highest BCUT2D eigenvalue weighted by Gasteiger charge is 2.20. The number of pyridine rings is 1. The molecule has 0 aromatic carbocycles. The molecule has 1 aliphatic carbocycles. The minimum absolute atomic E-state index is 0.712. The number of aryl methyl sites for hydroxylation is 2. The lowest BCUT2D eigenvalue weighted by atomic mass is 10.2. The third-order valence-corrected chi connectivity index (χ3v) is 5.37. The molecule has 4 rings (SSSR count). The molecule has 0 saturated carbocycles. The van der Waals surface area contributed by atoms with Crippen molar-refractivity contribution < 1.29 is 0 Å². The van der Waals surface area contributed by atoms with Crippen LogP contribution >= 0.6 is 11.3 Å². The zero-order chi connectivity index (χ0) is 16.4. The predicted molar refractivity (Wildman–Crippen MR) is 96.1 cm³/mol. The number of thiazole rings is 1. The first kappa shape index (κ1) is 15.2. The fraction of sp³-hybridized carbons (Fsp3) is 0.333. The summed E-state index contributed by atoms with van der Waals surface area (Å²) in [7, 11) is 0. The van der Waals surface area contributed by atoms with E-state index >= 15 is 0 Å². The van der Waals surface area contributed by atoms with Gasteiger partial charge in [-0.05, 0) is 37.8 Å². The van der Waals surface area contributed by atoms with E-state index in [1.54, 1.807) is 23.7 Å². The van der Waals surface area contributed by atoms with E-state index in [9.17, 15) is 0 Å². The summed E-state index contributed by atoms with van der Waals surface area (Å²) in [6.07, 6.45) is 9.78. The minimum Gasteiger partial charge on any atom is -0.363 e. The van der Waals surface area contributed by atoms with Crippen LogP contribution in [0.3, 0.4) is 0 Å². The lowest BCUT2D eigenvalue weighted by molar-refractivity contribution is 0.899. The van der Waals surface area contributed by atoms with Crippen molar-refractivity contribution in [1.82, 2.24) is 19.9 Å². The van der Waals surface area contributed by atoms with Gasteiger partial charge in [-0.2, -0.15) is 0 Å². The summed E-state index contributed by atoms with van der Waals surface area (Å²) >= 11 is 1.76. The van der Waals surface area contributed by atoms with E-state index in [0.717, 1.165) is 47.9 Å². The van der Waals surface area contributed by atoms with Gasteiger partial charge >= 0.3 is 0 Å². The molecule has 0 amide bonds. The van der Waals surface area contributed by atoms with Gasteiger partial charge in [0, 0.05) is 40.3 Å². The Morgan fingerprint density at radius 2 is 2.04 bits per heavy atom. The van der Waals surface area contributed by atoms with Gasteiger partial charge < -0.3 is 5.32 Å². The quantitative estimate of drug-likeness (QED) is 0.770. The van der Waals surface area contributed by atoms with E-state index in [1.807, 2.05) is 18.3 Å². The number of anilines is 1. The molecule has 1 N–H and O–H groups in total. The molecule has 0 atom stereocenters. The Hall–Kier alpha value is -2.34. The van der Waals surface area contributed by atoms with Gasteiger partial charge in [-0.15, -0.1) is 11.3 Å². The molecule has 0 saturated heterocycles. The summed E-state index contributed by atoms with van der Waals surface area (Å²) in [5, 5.41) is 4.59. The molecular weight excluding hydrogens is 318 g/mol. The molecule has 0 fully saturated rings. The summed E-state index contributed by atoms with van der Waals surface area (Å²) in [6, 6.07) is 3.91. The SMILES string of the molecule is CCc1cnc(CNc2nc(-c3ccncc3)nc3c2CCC3)s1. The first-order chi connectivity index (χ1) is 11.8. The fourth-order valence-electron chi connectivity index (χ4n) is 2.96. The van der Waals surface area contributed by atoms with Crippen LogP contribution < -0.4 is 5.32 Å². The van der Waals surface area contributed by atoms with Crippen LogP contribution in [0.5, 0.6) is 0 Å². The molecule has 0 spiro atoms. The summed E-state index contributed by atoms with van der Waals surface area (Å²) in [4.78, 5) is 19.4. The zero-order valence-electron chi connectivity index (χ0n) is 13.6. The molecule has 3 aromatic rings. The molecule has 3 aromatic heterocycles. The maximum Gasteiger partial charge on any atom is 0.161 e. The van der Waals surface area contributed by atoms with Gasteiger partial charge in [-0.3, -0.25) is 4.98 Å². The van der Waals surface area contributed by atoms with Crippen molar-refractivity contribution in [3.8, 4) is 11.4 Å². The average Bonchev–Trinajstić information content (AvgIpc) is 3.29. The van der Waals surface area contributed by atoms with E-state index < -0.39 is 0 Å². The topological polar surface area (TPSA) is 63.6 Å². The number of nitrogens with zero attached hydrogens (tertiary/aromatic N) is 4. The number of nitrogens with one attached hydrogen (secondary N) is 1. The van der Waals surface area contributed by atoms with Crippen molar-refractivity contribution >= 4 is 17.2 Å². The Morgan fingerprint density at radius 3 is 2.83 bits per heavy atom. The lowest BCUT2D eigenvalue weighted by Crippen LogP contribution is -2.07. The van der Waals surface area contributed by atoms with Crippen LogP contribution in [0.15, 0.2) is 30.7 Å². The number of rotatable bonds is 5. The molecule has 0 bridgehead atoms. The van der Waals surface area contributed by atoms with Crippen LogP contribution in [0.25, 0.3) is 11.4 Å². The highest BCUT2D eigenvalue weighted by molar-refractivity contribution is 7.11. The second kappa shape index (κ2) is 6.65. The van der Waals surface area contributed by atoms with Crippen molar-refractivity contribution in [2.75, 3.05) is 5.32 Å². The molecule has 1 aliphatic rings. The normalized spacial score (nSPS) is 13.0. The Labute approximate surface area is 145 Å². The molecule has 0 radical (unpaired) electrons. The van der Waals surface area contributed by atoms with Gasteiger partial charge in [-0.25, -0.2) is 15.0 Å². The van der Waals surface area contributed by atoms with Crippen LogP contribution in [0.4, 0.5) is 5.82 Å². The van der Waals surface area contributed by atoms with E-state index in [4.69, 9.17) is 9.97 Å². The second-order valence-electron chi connectivity index (χ2n) is 5.84. The molecule has 5 nitrogen and oxygen atoms in total. The summed E-state index contributed by atoms with van der Waals surface area (Å²) in [5.74, 6) is 1.73. The van der Waals surface area contributed by atoms with Crippen LogP contribution in [-0.2, 0) is 25.8 Å². The van der Waals surface area contributed by atoms with E-state index in [-0.39, 0.29) is 0 Å². The molecule has 24 heavy (non-hydrogen) atoms. The zero-order valence-corrected chi connectivity index (χ0v) is 14.4. The van der Waals surface area contributed by atoms with Gasteiger partial charge in [-0.1, -0.05) is 6.92 Å². The minimum atomic E-state index is 0.712. The molecular formula is C18H19N5S. The third-order valence-electron chi connectivity index (χ3n) is 4.23. The maximum atomic E-state index is 4.78. The number of hydrogen-bond acceptors (Lipinski definition) is 6. The Bertz CT molecular complexity index is 844. The molecule has 0 aliphatic heterocycles. The van der Waals surface area contributed by atoms with E-state index in [1.165, 1.54) is 16.1 Å². The lowest BCUT2D eigenvalue weighted by Gasteiger charge is -2.11. The van der Waals surface area contributed by atoms with E-state index in [0.29, 0.717) is 6.54 Å². The van der Waals surface area contributed by atoms with Crippen molar-refractivity contribution in [2.45, 2.75) is 39.2 Å². The summed E-state index contributed by atoms with van der Waals surface area (Å²) < 4.78 is 0. The molecule has 0 unspecified atom stereocenters. The first-order valence-corrected chi connectivity index (χ1v) is 9.12. The van der Waals surface area contributed by atoms with Crippen LogP contribution in [-0.4, -0.2) is 19.9 Å². The van der Waals surface area contributed by atoms with Crippen molar-refractivity contribution in [1.29, 1.82) is 0 Å². The monoisotopic (exact) mass is 337 g/mol. The molecule has 3 heterocycles. The summed E-state index contributed by atoms with van der Waals surface area (Å²) in [6.45, 7) is 2.87. The molecule has 6 heteroatoms. The van der Waals surface area contributed by atoms with Crippen LogP contribution in [0.2, 0.25) is 0 Å². The maximum absolute atomic E-state index is 4.78. The first-order valence-electron chi connectivity index (χ1n) is 8.31. The van der Waals surface area contributed by atoms with Gasteiger partial charge in [0.15, 0.2) is 5.82 Å². The van der Waals surface area contributed by atoms with Gasteiger partial charge in [0.1, 0.15) is 10.8 Å². The Kier molecular flexibility index (Phi) is 4.21. The third kappa shape index (κ3) is 3.01. The fourth-order valence-corrected chi connectivity index (χ4v) is 3.76. The highest BCUT2D eigenvalue weighted by atomic mass is 32.1. The Morgan fingerprint density at radius 1 is 1.17 bits per heavy atom. The Balaban J connectivity index is 1.63. The van der Waals surface area contributed by atoms with Gasteiger partial charge in [0.2, 0.25) is 0 Å². The predicted octanol–water partition coefficient (Wildman–Crippen LogP) is 3.66. The van der Waals surface area contributed by atoms with Crippen LogP contribution in [0, 0.1) is 0 Å². The number of hydrogen-bond donors (Lipinski definition) is 1. The number of fused-ring (bicyclic) bond motifs is 1. The van der Waals surface area contributed by atoms with E-state index in [2.05, 4.69) is 22.2 Å². The standard InChI is InChI=1S/C18H19N5S/c1-2-13-10-20-16(24-13)11-21-18-14-4-3-5-15(14)22-17(23-18)12-6-8-19-9-7-12/h6-10H,2-5,11H2,1H3,(H,21,22,23). The molecule has 122 valence electrons. The van der Waals surface area contributed by atoms with Crippen molar-refractivity contribution in [3.05, 3.63) is 51.9 Å². The second-order valence-corrected chi connectivity index (χ2v) is 7.04. The smallest absolute Gasteiger partial charge is 0.161 e. The van der Waals surface area contributed by atoms with Crippen molar-refractivity contribution in [2.24, 2.45) is 0 Å². The van der Waals surface area contributed by atoms with Crippen LogP contribution in [0.1, 0.15) is 34.5 Å². The van der Waals surface area contributed by atoms with Gasteiger partial charge in [0.05, 0.1) is 6.54 Å². The summed E-state index contributed by atoms with van der Waals surface area (Å²) in [5.41, 5.74) is 3.44. The highest BCUT2D eigenvalue weighted by Crippen LogP contribution is 2.29. The average molecular weight is 337 g/mol. The van der Waals surface area contributed by atoms with Crippen molar-refractivity contribution in [3.63, 3.8) is 0 Å².